The summed E-state index contributed by atoms with van der Waals surface area (Å²) < 4.78 is 0. The van der Waals surface area contributed by atoms with Crippen LogP contribution < -0.4 is 11.1 Å². The normalized spacial score (nSPS) is 22.5. The van der Waals surface area contributed by atoms with Crippen LogP contribution in [0, 0.1) is 5.41 Å². The lowest BCUT2D eigenvalue weighted by molar-refractivity contribution is -0.123. The molecule has 1 fully saturated rings. The smallest absolute Gasteiger partial charge is 0.237 e. The van der Waals surface area contributed by atoms with E-state index in [0.717, 1.165) is 19.3 Å². The molecular formula is C18H28N2O. The van der Waals surface area contributed by atoms with Gasteiger partial charge in [-0.3, -0.25) is 4.79 Å². The molecule has 21 heavy (non-hydrogen) atoms. The minimum Gasteiger partial charge on any atom is -0.352 e. The molecule has 0 bridgehead atoms. The second kappa shape index (κ2) is 7.08. The molecule has 2 unspecified atom stereocenters. The summed E-state index contributed by atoms with van der Waals surface area (Å²) in [6.07, 6.45) is 6.14. The highest BCUT2D eigenvalue weighted by molar-refractivity contribution is 5.81. The Hall–Kier alpha value is -1.35. The van der Waals surface area contributed by atoms with E-state index in [0.29, 0.717) is 17.9 Å². The van der Waals surface area contributed by atoms with Gasteiger partial charge in [-0.1, -0.05) is 50.6 Å². The van der Waals surface area contributed by atoms with E-state index in [1.165, 1.54) is 18.4 Å². The molecular weight excluding hydrogens is 260 g/mol. The van der Waals surface area contributed by atoms with Crippen LogP contribution in [-0.2, 0) is 11.2 Å². The number of hydrogen-bond acceptors (Lipinski definition) is 2. The number of carbonyl (C=O) groups excluding carboxylic acids is 1. The summed E-state index contributed by atoms with van der Waals surface area (Å²) in [5.74, 6) is 0.00799. The summed E-state index contributed by atoms with van der Waals surface area (Å²) >= 11 is 0. The average molecular weight is 288 g/mol. The number of amides is 1. The maximum absolute atomic E-state index is 12.2. The van der Waals surface area contributed by atoms with Gasteiger partial charge in [0.15, 0.2) is 0 Å². The molecule has 1 aliphatic rings. The Balaban J connectivity index is 1.77. The van der Waals surface area contributed by atoms with Gasteiger partial charge in [-0.2, -0.15) is 0 Å². The van der Waals surface area contributed by atoms with E-state index in [-0.39, 0.29) is 5.91 Å². The fourth-order valence-corrected chi connectivity index (χ4v) is 3.23. The predicted molar refractivity (Wildman–Crippen MR) is 86.9 cm³/mol. The largest absolute Gasteiger partial charge is 0.352 e. The minimum absolute atomic E-state index is 0.00799. The van der Waals surface area contributed by atoms with E-state index in [1.807, 2.05) is 18.2 Å². The van der Waals surface area contributed by atoms with Crippen molar-refractivity contribution >= 4 is 5.91 Å². The molecule has 1 aliphatic carbocycles. The van der Waals surface area contributed by atoms with E-state index in [2.05, 4.69) is 31.3 Å². The Morgan fingerprint density at radius 3 is 2.76 bits per heavy atom. The van der Waals surface area contributed by atoms with Crippen molar-refractivity contribution in [1.82, 2.24) is 5.32 Å². The highest BCUT2D eigenvalue weighted by Crippen LogP contribution is 2.35. The summed E-state index contributed by atoms with van der Waals surface area (Å²) in [6.45, 7) is 4.56. The first-order valence-electron chi connectivity index (χ1n) is 8.06. The lowest BCUT2D eigenvalue weighted by Crippen LogP contribution is -2.48. The van der Waals surface area contributed by atoms with Gasteiger partial charge in [0.05, 0.1) is 6.04 Å². The quantitative estimate of drug-likeness (QED) is 0.875. The molecule has 3 nitrogen and oxygen atoms in total. The van der Waals surface area contributed by atoms with Gasteiger partial charge in [0.1, 0.15) is 0 Å². The number of hydrogen-bond donors (Lipinski definition) is 2. The predicted octanol–water partition coefficient (Wildman–Crippen LogP) is 3.03. The number of aryl methyl sites for hydroxylation is 1. The van der Waals surface area contributed by atoms with E-state index >= 15 is 0 Å². The number of rotatable bonds is 5. The number of benzene rings is 1. The van der Waals surface area contributed by atoms with Crippen LogP contribution in [0.1, 0.15) is 51.5 Å². The molecule has 3 N–H and O–H groups in total. The molecule has 2 rings (SSSR count). The zero-order valence-electron chi connectivity index (χ0n) is 13.3. The SMILES string of the molecule is CC1(C)CCCC(NC(=O)C(N)CCc2ccccc2)C1. The molecule has 0 saturated heterocycles. The number of carbonyl (C=O) groups is 1. The Bertz CT molecular complexity index is 456. The Kier molecular flexibility index (Phi) is 5.40. The molecule has 0 aromatic heterocycles. The summed E-state index contributed by atoms with van der Waals surface area (Å²) in [6, 6.07) is 10.1. The van der Waals surface area contributed by atoms with Crippen LogP contribution in [-0.4, -0.2) is 18.0 Å². The molecule has 116 valence electrons. The summed E-state index contributed by atoms with van der Waals surface area (Å²) in [5.41, 5.74) is 7.61. The highest BCUT2D eigenvalue weighted by Gasteiger charge is 2.29. The fraction of sp³-hybridized carbons (Fsp3) is 0.611. The highest BCUT2D eigenvalue weighted by atomic mass is 16.2. The molecule has 0 radical (unpaired) electrons. The molecule has 0 heterocycles. The van der Waals surface area contributed by atoms with E-state index < -0.39 is 6.04 Å². The van der Waals surface area contributed by atoms with Gasteiger partial charge in [-0.15, -0.1) is 0 Å². The van der Waals surface area contributed by atoms with E-state index in [4.69, 9.17) is 5.73 Å². The first-order chi connectivity index (χ1) is 9.96. The molecule has 0 spiro atoms. The van der Waals surface area contributed by atoms with Crippen molar-refractivity contribution in [2.24, 2.45) is 11.1 Å². The Morgan fingerprint density at radius 2 is 2.10 bits per heavy atom. The lowest BCUT2D eigenvalue weighted by atomic mass is 9.75. The summed E-state index contributed by atoms with van der Waals surface area (Å²) in [7, 11) is 0. The van der Waals surface area contributed by atoms with Gasteiger partial charge in [0.25, 0.3) is 0 Å². The maximum Gasteiger partial charge on any atom is 0.237 e. The minimum atomic E-state index is -0.407. The van der Waals surface area contributed by atoms with Crippen LogP contribution in [0.4, 0.5) is 0 Å². The Labute approximate surface area is 128 Å². The topological polar surface area (TPSA) is 55.1 Å². The molecule has 2 atom stereocenters. The van der Waals surface area contributed by atoms with Gasteiger partial charge < -0.3 is 11.1 Å². The average Bonchev–Trinajstić information content (AvgIpc) is 2.44. The third kappa shape index (κ3) is 5.16. The van der Waals surface area contributed by atoms with Crippen molar-refractivity contribution in [3.8, 4) is 0 Å². The molecule has 1 aromatic carbocycles. The second-order valence-corrected chi connectivity index (χ2v) is 7.10. The van der Waals surface area contributed by atoms with E-state index in [9.17, 15) is 4.79 Å². The molecule has 3 heteroatoms. The monoisotopic (exact) mass is 288 g/mol. The van der Waals surface area contributed by atoms with Crippen LogP contribution in [0.15, 0.2) is 30.3 Å². The van der Waals surface area contributed by atoms with Gasteiger partial charge in [-0.25, -0.2) is 0 Å². The van der Waals surface area contributed by atoms with Gasteiger partial charge in [0.2, 0.25) is 5.91 Å². The summed E-state index contributed by atoms with van der Waals surface area (Å²) in [5, 5.41) is 3.15. The standard InChI is InChI=1S/C18H28N2O/c1-18(2)12-6-9-15(13-18)20-17(21)16(19)11-10-14-7-4-3-5-8-14/h3-5,7-8,15-16H,6,9-13,19H2,1-2H3,(H,20,21). The van der Waals surface area contributed by atoms with Crippen LogP contribution in [0.5, 0.6) is 0 Å². The molecule has 0 aliphatic heterocycles. The molecule has 1 amide bonds. The van der Waals surface area contributed by atoms with Crippen molar-refractivity contribution in [1.29, 1.82) is 0 Å². The second-order valence-electron chi connectivity index (χ2n) is 7.10. The van der Waals surface area contributed by atoms with Crippen molar-refractivity contribution in [2.45, 2.75) is 64.5 Å². The van der Waals surface area contributed by atoms with Crippen molar-refractivity contribution in [3.63, 3.8) is 0 Å². The van der Waals surface area contributed by atoms with Gasteiger partial charge in [-0.05, 0) is 43.1 Å². The van der Waals surface area contributed by atoms with Gasteiger partial charge in [0, 0.05) is 6.04 Å². The maximum atomic E-state index is 12.2. The first-order valence-corrected chi connectivity index (χ1v) is 8.06. The van der Waals surface area contributed by atoms with Crippen molar-refractivity contribution in [3.05, 3.63) is 35.9 Å². The molecule has 1 aromatic rings. The Morgan fingerprint density at radius 1 is 1.38 bits per heavy atom. The fourth-order valence-electron chi connectivity index (χ4n) is 3.23. The third-order valence-electron chi connectivity index (χ3n) is 4.48. The van der Waals surface area contributed by atoms with Crippen LogP contribution >= 0.6 is 0 Å². The number of nitrogens with two attached hydrogens (primary N) is 1. The van der Waals surface area contributed by atoms with Crippen LogP contribution in [0.2, 0.25) is 0 Å². The van der Waals surface area contributed by atoms with Crippen LogP contribution in [0.3, 0.4) is 0 Å². The summed E-state index contributed by atoms with van der Waals surface area (Å²) in [4.78, 5) is 12.2. The third-order valence-corrected chi connectivity index (χ3v) is 4.48. The first kappa shape index (κ1) is 16.0. The molecule has 1 saturated carbocycles. The van der Waals surface area contributed by atoms with Crippen molar-refractivity contribution in [2.75, 3.05) is 0 Å². The van der Waals surface area contributed by atoms with Crippen LogP contribution in [0.25, 0.3) is 0 Å². The lowest BCUT2D eigenvalue weighted by Gasteiger charge is -2.36. The van der Waals surface area contributed by atoms with Crippen molar-refractivity contribution < 1.29 is 4.79 Å². The van der Waals surface area contributed by atoms with E-state index in [1.54, 1.807) is 0 Å². The zero-order chi connectivity index (χ0) is 15.3. The zero-order valence-corrected chi connectivity index (χ0v) is 13.3. The van der Waals surface area contributed by atoms with Gasteiger partial charge >= 0.3 is 0 Å². The number of nitrogens with one attached hydrogen (secondary N) is 1.